The molecular formula is C21H19FN2O4S. The number of nitrogens with zero attached hydrogens (tertiary/aromatic N) is 1. The molecule has 0 fully saturated rings. The normalized spacial score (nSPS) is 10.8. The van der Waals surface area contributed by atoms with E-state index in [1.54, 1.807) is 30.3 Å². The largest absolute Gasteiger partial charge is 0.493 e. The Morgan fingerprint density at radius 1 is 0.966 bits per heavy atom. The average Bonchev–Trinajstić information content (AvgIpc) is 3.24. The van der Waals surface area contributed by atoms with Gasteiger partial charge >= 0.3 is 0 Å². The number of hydrogen-bond donors (Lipinski definition) is 1. The molecule has 0 bridgehead atoms. The van der Waals surface area contributed by atoms with Crippen LogP contribution >= 0.6 is 11.3 Å². The second kappa shape index (κ2) is 9.20. The molecule has 3 rings (SSSR count). The van der Waals surface area contributed by atoms with Crippen molar-refractivity contribution in [2.45, 2.75) is 0 Å². The van der Waals surface area contributed by atoms with E-state index in [9.17, 15) is 9.18 Å². The number of thiophene rings is 1. The van der Waals surface area contributed by atoms with Gasteiger partial charge in [-0.05, 0) is 42.0 Å². The van der Waals surface area contributed by atoms with Crippen LogP contribution in [0.25, 0.3) is 10.4 Å². The van der Waals surface area contributed by atoms with Gasteiger partial charge in [-0.1, -0.05) is 12.1 Å². The van der Waals surface area contributed by atoms with Crippen LogP contribution in [0.15, 0.2) is 53.6 Å². The molecule has 0 radical (unpaired) electrons. The highest BCUT2D eigenvalue weighted by Crippen LogP contribution is 2.39. The third-order valence-corrected chi connectivity index (χ3v) is 5.20. The zero-order chi connectivity index (χ0) is 20.8. The molecule has 1 aromatic heterocycles. The second-order valence-corrected chi connectivity index (χ2v) is 6.88. The molecule has 8 heteroatoms. The molecule has 29 heavy (non-hydrogen) atoms. The Balaban J connectivity index is 1.73. The van der Waals surface area contributed by atoms with Crippen molar-refractivity contribution in [2.24, 2.45) is 5.10 Å². The molecule has 0 unspecified atom stereocenters. The number of carbonyl (C=O) groups is 1. The van der Waals surface area contributed by atoms with Crippen molar-refractivity contribution in [3.8, 4) is 27.7 Å². The van der Waals surface area contributed by atoms with Crippen molar-refractivity contribution in [2.75, 3.05) is 21.3 Å². The second-order valence-electron chi connectivity index (χ2n) is 5.79. The zero-order valence-corrected chi connectivity index (χ0v) is 16.9. The van der Waals surface area contributed by atoms with Gasteiger partial charge in [0.15, 0.2) is 11.5 Å². The number of hydrazone groups is 1. The van der Waals surface area contributed by atoms with Crippen molar-refractivity contribution in [1.82, 2.24) is 5.43 Å². The van der Waals surface area contributed by atoms with Crippen LogP contribution in [0.5, 0.6) is 17.2 Å². The molecule has 0 aliphatic heterocycles. The molecular weight excluding hydrogens is 395 g/mol. The minimum atomic E-state index is -0.348. The van der Waals surface area contributed by atoms with Crippen LogP contribution in [0.3, 0.4) is 0 Å². The first-order valence-electron chi connectivity index (χ1n) is 8.55. The minimum Gasteiger partial charge on any atom is -0.493 e. The Kier molecular flexibility index (Phi) is 6.46. The van der Waals surface area contributed by atoms with Gasteiger partial charge in [0, 0.05) is 10.4 Å². The first-order chi connectivity index (χ1) is 14.1. The van der Waals surface area contributed by atoms with Crippen LogP contribution in [0, 0.1) is 5.82 Å². The summed E-state index contributed by atoms with van der Waals surface area (Å²) in [6, 6.07) is 13.1. The monoisotopic (exact) mass is 414 g/mol. The summed E-state index contributed by atoms with van der Waals surface area (Å²) in [6.45, 7) is 0. The Morgan fingerprint density at radius 2 is 1.69 bits per heavy atom. The van der Waals surface area contributed by atoms with Gasteiger partial charge in [0.25, 0.3) is 5.91 Å². The standard InChI is InChI=1S/C21H19FN2O4S/c1-26-16-9-6-14(19(27-2)20(16)28-3)12-23-24-21(25)18-11-10-17(29-18)13-4-7-15(22)8-5-13/h4-12H,1-3H3,(H,24,25)/b23-12-. The fourth-order valence-corrected chi connectivity index (χ4v) is 3.57. The Morgan fingerprint density at radius 3 is 2.34 bits per heavy atom. The topological polar surface area (TPSA) is 69.2 Å². The lowest BCUT2D eigenvalue weighted by molar-refractivity contribution is 0.0959. The fourth-order valence-electron chi connectivity index (χ4n) is 2.67. The van der Waals surface area contributed by atoms with Crippen molar-refractivity contribution in [3.05, 3.63) is 64.8 Å². The van der Waals surface area contributed by atoms with Crippen molar-refractivity contribution in [3.63, 3.8) is 0 Å². The van der Waals surface area contributed by atoms with Crippen LogP contribution in [0.1, 0.15) is 15.2 Å². The lowest BCUT2D eigenvalue weighted by Crippen LogP contribution is -2.16. The smallest absolute Gasteiger partial charge is 0.281 e. The molecule has 0 aliphatic rings. The number of hydrogen-bond acceptors (Lipinski definition) is 6. The van der Waals surface area contributed by atoms with Gasteiger partial charge in [-0.15, -0.1) is 11.3 Å². The molecule has 150 valence electrons. The van der Waals surface area contributed by atoms with E-state index in [4.69, 9.17) is 14.2 Å². The van der Waals surface area contributed by atoms with E-state index < -0.39 is 0 Å². The highest BCUT2D eigenvalue weighted by Gasteiger charge is 2.15. The molecule has 2 aromatic carbocycles. The summed E-state index contributed by atoms with van der Waals surface area (Å²) in [6.07, 6.45) is 1.47. The number of benzene rings is 2. The number of rotatable bonds is 7. The van der Waals surface area contributed by atoms with Crippen molar-refractivity contribution in [1.29, 1.82) is 0 Å². The van der Waals surface area contributed by atoms with Gasteiger partial charge in [0.2, 0.25) is 5.75 Å². The van der Waals surface area contributed by atoms with Gasteiger partial charge in [-0.3, -0.25) is 4.79 Å². The summed E-state index contributed by atoms with van der Waals surface area (Å²) >= 11 is 1.30. The third kappa shape index (κ3) is 4.55. The summed E-state index contributed by atoms with van der Waals surface area (Å²) < 4.78 is 29.0. The van der Waals surface area contributed by atoms with E-state index in [1.807, 2.05) is 6.07 Å². The summed E-state index contributed by atoms with van der Waals surface area (Å²) in [4.78, 5) is 13.7. The number of methoxy groups -OCH3 is 3. The highest BCUT2D eigenvalue weighted by atomic mass is 32.1. The van der Waals surface area contributed by atoms with Crippen LogP contribution in [0.4, 0.5) is 4.39 Å². The Bertz CT molecular complexity index is 1030. The van der Waals surface area contributed by atoms with Crippen LogP contribution in [-0.4, -0.2) is 33.5 Å². The van der Waals surface area contributed by atoms with Gasteiger partial charge in [0.1, 0.15) is 5.82 Å². The van der Waals surface area contributed by atoms with Crippen LogP contribution < -0.4 is 19.6 Å². The van der Waals surface area contributed by atoms with E-state index in [0.29, 0.717) is 27.7 Å². The fraction of sp³-hybridized carbons (Fsp3) is 0.143. The summed E-state index contributed by atoms with van der Waals surface area (Å²) in [7, 11) is 4.56. The van der Waals surface area contributed by atoms with Crippen LogP contribution in [-0.2, 0) is 0 Å². The van der Waals surface area contributed by atoms with Gasteiger partial charge in [-0.25, -0.2) is 9.82 Å². The maximum Gasteiger partial charge on any atom is 0.281 e. The first kappa shape index (κ1) is 20.3. The van der Waals surface area contributed by atoms with Gasteiger partial charge in [-0.2, -0.15) is 5.10 Å². The number of ether oxygens (including phenoxy) is 3. The first-order valence-corrected chi connectivity index (χ1v) is 9.37. The predicted molar refractivity (Wildman–Crippen MR) is 111 cm³/mol. The van der Waals surface area contributed by atoms with E-state index in [1.165, 1.54) is 51.0 Å². The van der Waals surface area contributed by atoms with Gasteiger partial charge in [0.05, 0.1) is 32.4 Å². The van der Waals surface area contributed by atoms with E-state index >= 15 is 0 Å². The maximum atomic E-state index is 13.1. The maximum absolute atomic E-state index is 13.1. The minimum absolute atomic E-state index is 0.303. The molecule has 1 N–H and O–H groups in total. The Labute approximate surface area is 171 Å². The molecule has 0 atom stereocenters. The summed E-state index contributed by atoms with van der Waals surface area (Å²) in [5.41, 5.74) is 3.95. The number of nitrogens with one attached hydrogen (secondary N) is 1. The van der Waals surface area contributed by atoms with Crippen LogP contribution in [0.2, 0.25) is 0 Å². The molecule has 3 aromatic rings. The molecule has 0 spiro atoms. The number of carbonyl (C=O) groups excluding carboxylic acids is 1. The molecule has 1 heterocycles. The number of amides is 1. The van der Waals surface area contributed by atoms with Crippen molar-refractivity contribution >= 4 is 23.5 Å². The molecule has 6 nitrogen and oxygen atoms in total. The third-order valence-electron chi connectivity index (χ3n) is 4.06. The SMILES string of the molecule is COc1ccc(/C=N\NC(=O)c2ccc(-c3ccc(F)cc3)s2)c(OC)c1OC. The Hall–Kier alpha value is -3.39. The molecule has 1 amide bonds. The van der Waals surface area contributed by atoms with Gasteiger partial charge < -0.3 is 14.2 Å². The summed E-state index contributed by atoms with van der Waals surface area (Å²) in [5.74, 6) is 0.756. The molecule has 0 aliphatic carbocycles. The summed E-state index contributed by atoms with van der Waals surface area (Å²) in [5, 5.41) is 4.01. The predicted octanol–water partition coefficient (Wildman–Crippen LogP) is 4.34. The molecule has 0 saturated heterocycles. The van der Waals surface area contributed by atoms with E-state index in [0.717, 1.165) is 10.4 Å². The highest BCUT2D eigenvalue weighted by molar-refractivity contribution is 7.17. The average molecular weight is 414 g/mol. The van der Waals surface area contributed by atoms with E-state index in [2.05, 4.69) is 10.5 Å². The zero-order valence-electron chi connectivity index (χ0n) is 16.1. The van der Waals surface area contributed by atoms with E-state index in [-0.39, 0.29) is 11.7 Å². The molecule has 0 saturated carbocycles. The number of halogens is 1. The lowest BCUT2D eigenvalue weighted by atomic mass is 10.2. The quantitative estimate of drug-likeness (QED) is 0.461. The van der Waals surface area contributed by atoms with Crippen molar-refractivity contribution < 1.29 is 23.4 Å². The lowest BCUT2D eigenvalue weighted by Gasteiger charge is -2.13.